The van der Waals surface area contributed by atoms with Crippen LogP contribution in [0.15, 0.2) is 5.76 Å². The molecule has 0 saturated heterocycles. The molecule has 0 aliphatic heterocycles. The van der Waals surface area contributed by atoms with E-state index in [0.717, 1.165) is 5.92 Å². The van der Waals surface area contributed by atoms with Gasteiger partial charge in [-0.15, -0.1) is 0 Å². The summed E-state index contributed by atoms with van der Waals surface area (Å²) >= 11 is 0. The van der Waals surface area contributed by atoms with Crippen LogP contribution in [0.4, 0.5) is 0 Å². The van der Waals surface area contributed by atoms with E-state index in [-0.39, 0.29) is 11.7 Å². The predicted octanol–water partition coefficient (Wildman–Crippen LogP) is 1.48. The predicted molar refractivity (Wildman–Crippen MR) is 34.2 cm³/mol. The molecule has 0 radical (unpaired) electrons. The molecule has 0 heterocycles. The first kappa shape index (κ1) is 8.08. The standard InChI is InChI=1S/C7H10O2/c1-5(2)6(3)9-7(4)8/h3H,1-2,4H3. The van der Waals surface area contributed by atoms with Gasteiger partial charge in [0.15, 0.2) is 0 Å². The summed E-state index contributed by atoms with van der Waals surface area (Å²) in [5, 5.41) is 0. The van der Waals surface area contributed by atoms with Crippen molar-refractivity contribution in [3.8, 4) is 0 Å². The van der Waals surface area contributed by atoms with Gasteiger partial charge in [0, 0.05) is 6.92 Å². The van der Waals surface area contributed by atoms with Crippen molar-refractivity contribution >= 4 is 5.97 Å². The summed E-state index contributed by atoms with van der Waals surface area (Å²) in [6.45, 7) is 10.1. The molecular formula is C7H10O2. The Kier molecular flexibility index (Phi) is 2.85. The summed E-state index contributed by atoms with van der Waals surface area (Å²) in [5.41, 5.74) is 0. The quantitative estimate of drug-likeness (QED) is 0.318. The zero-order valence-electron chi connectivity index (χ0n) is 5.89. The third-order valence-corrected chi connectivity index (χ3v) is 0.746. The fourth-order valence-corrected chi connectivity index (χ4v) is 0.257. The van der Waals surface area contributed by atoms with Crippen LogP contribution < -0.4 is 0 Å². The van der Waals surface area contributed by atoms with E-state index < -0.39 is 0 Å². The molecule has 0 fully saturated rings. The van der Waals surface area contributed by atoms with Crippen molar-refractivity contribution in [1.82, 2.24) is 0 Å². The van der Waals surface area contributed by atoms with Gasteiger partial charge in [-0.25, -0.2) is 0 Å². The Morgan fingerprint density at radius 1 is 1.56 bits per heavy atom. The van der Waals surface area contributed by atoms with Gasteiger partial charge >= 0.3 is 5.97 Å². The van der Waals surface area contributed by atoms with Crippen LogP contribution in [-0.2, 0) is 9.53 Å². The number of allylic oxidation sites excluding steroid dienone is 1. The molecule has 2 heteroatoms. The lowest BCUT2D eigenvalue weighted by Gasteiger charge is -2.06. The number of hydrogen-bond donors (Lipinski definition) is 0. The number of esters is 1. The lowest BCUT2D eigenvalue weighted by Crippen LogP contribution is -2.01. The molecule has 0 amide bonds. The second-order valence-electron chi connectivity index (χ2n) is 1.96. The summed E-state index contributed by atoms with van der Waals surface area (Å²) in [6.07, 6.45) is 0. The van der Waals surface area contributed by atoms with Gasteiger partial charge in [0.25, 0.3) is 0 Å². The normalized spacial score (nSPS) is 8.33. The van der Waals surface area contributed by atoms with Crippen molar-refractivity contribution < 1.29 is 9.53 Å². The second-order valence-corrected chi connectivity index (χ2v) is 1.96. The summed E-state index contributed by atoms with van der Waals surface area (Å²) in [5.74, 6) is 0.626. The fourth-order valence-electron chi connectivity index (χ4n) is 0.257. The molecule has 0 aromatic rings. The second kappa shape index (κ2) is 3.17. The third kappa shape index (κ3) is 3.64. The topological polar surface area (TPSA) is 26.3 Å². The van der Waals surface area contributed by atoms with Gasteiger partial charge in [-0.2, -0.15) is 0 Å². The van der Waals surface area contributed by atoms with Crippen LogP contribution in [0.1, 0.15) is 20.8 Å². The average Bonchev–Trinajstić information content (AvgIpc) is 1.63. The van der Waals surface area contributed by atoms with Gasteiger partial charge in [-0.1, -0.05) is 0 Å². The summed E-state index contributed by atoms with van der Waals surface area (Å²) < 4.78 is 4.53. The zero-order chi connectivity index (χ0) is 7.44. The van der Waals surface area contributed by atoms with Crippen LogP contribution in [0.25, 0.3) is 0 Å². The first-order valence-electron chi connectivity index (χ1n) is 2.65. The Hall–Kier alpha value is -0.920. The van der Waals surface area contributed by atoms with Crippen molar-refractivity contribution in [3.63, 3.8) is 0 Å². The third-order valence-electron chi connectivity index (χ3n) is 0.746. The molecular weight excluding hydrogens is 116 g/mol. The Bertz CT molecular complexity index is 125. The Morgan fingerprint density at radius 3 is 2.11 bits per heavy atom. The van der Waals surface area contributed by atoms with Crippen LogP contribution in [0.5, 0.6) is 0 Å². The summed E-state index contributed by atoms with van der Waals surface area (Å²) in [6, 6.07) is 0. The molecule has 0 aliphatic carbocycles. The van der Waals surface area contributed by atoms with E-state index in [2.05, 4.69) is 4.74 Å². The van der Waals surface area contributed by atoms with Gasteiger partial charge in [0.2, 0.25) is 0 Å². The van der Waals surface area contributed by atoms with Crippen molar-refractivity contribution in [3.05, 3.63) is 18.3 Å². The van der Waals surface area contributed by atoms with Crippen LogP contribution in [0.2, 0.25) is 0 Å². The maximum absolute atomic E-state index is 10.2. The van der Waals surface area contributed by atoms with E-state index in [0.29, 0.717) is 0 Å². The largest absolute Gasteiger partial charge is 0.427 e. The number of ether oxygens (including phenoxy) is 1. The Balaban J connectivity index is 3.64. The highest BCUT2D eigenvalue weighted by Gasteiger charge is 2.02. The molecule has 0 spiro atoms. The van der Waals surface area contributed by atoms with Crippen LogP contribution in [0.3, 0.4) is 0 Å². The Labute approximate surface area is 55.5 Å². The van der Waals surface area contributed by atoms with Crippen molar-refractivity contribution in [1.29, 1.82) is 0 Å². The lowest BCUT2D eigenvalue weighted by atomic mass is 10.2. The van der Waals surface area contributed by atoms with Crippen LogP contribution >= 0.6 is 0 Å². The molecule has 0 saturated carbocycles. The maximum Gasteiger partial charge on any atom is 0.308 e. The molecule has 0 unspecified atom stereocenters. The SMILES string of the molecule is [CH-]=C(OC(C)=O)[C+](C)C. The molecule has 0 aromatic heterocycles. The van der Waals surface area contributed by atoms with E-state index in [1.54, 1.807) is 13.8 Å². The summed E-state index contributed by atoms with van der Waals surface area (Å²) in [4.78, 5) is 10.2. The number of carbonyl (C=O) groups excluding carboxylic acids is 1. The molecule has 2 nitrogen and oxygen atoms in total. The smallest absolute Gasteiger partial charge is 0.308 e. The van der Waals surface area contributed by atoms with Crippen LogP contribution in [-0.4, -0.2) is 5.97 Å². The molecule has 0 bridgehead atoms. The van der Waals surface area contributed by atoms with Crippen molar-refractivity contribution in [2.24, 2.45) is 0 Å². The highest BCUT2D eigenvalue weighted by Crippen LogP contribution is 2.09. The fraction of sp³-hybridized carbons (Fsp3) is 0.429. The average molecular weight is 126 g/mol. The number of carbonyl (C=O) groups is 1. The van der Waals surface area contributed by atoms with Crippen LogP contribution in [0, 0.1) is 12.5 Å². The first-order valence-corrected chi connectivity index (χ1v) is 2.65. The molecule has 9 heavy (non-hydrogen) atoms. The minimum atomic E-state index is -0.381. The minimum absolute atomic E-state index is 0.197. The molecule has 50 valence electrons. The zero-order valence-corrected chi connectivity index (χ0v) is 5.89. The maximum atomic E-state index is 10.2. The monoisotopic (exact) mass is 126 g/mol. The van der Waals surface area contributed by atoms with E-state index in [1.807, 2.05) is 0 Å². The number of hydrogen-bond acceptors (Lipinski definition) is 2. The van der Waals surface area contributed by atoms with Gasteiger partial charge in [0.05, 0.1) is 0 Å². The van der Waals surface area contributed by atoms with Crippen molar-refractivity contribution in [2.45, 2.75) is 20.8 Å². The van der Waals surface area contributed by atoms with Gasteiger partial charge in [0.1, 0.15) is 5.76 Å². The first-order chi connectivity index (χ1) is 4.04. The minimum Gasteiger partial charge on any atom is -0.427 e. The lowest BCUT2D eigenvalue weighted by molar-refractivity contribution is -0.136. The van der Waals surface area contributed by atoms with E-state index in [1.165, 1.54) is 6.92 Å². The molecule has 0 aliphatic rings. The Morgan fingerprint density at radius 2 is 2.00 bits per heavy atom. The van der Waals surface area contributed by atoms with Gasteiger partial charge in [-0.05, 0) is 26.3 Å². The van der Waals surface area contributed by atoms with E-state index in [9.17, 15) is 4.79 Å². The van der Waals surface area contributed by atoms with E-state index >= 15 is 0 Å². The molecule has 0 N–H and O–H groups in total. The molecule has 0 aromatic carbocycles. The van der Waals surface area contributed by atoms with E-state index in [4.69, 9.17) is 6.58 Å². The number of rotatable bonds is 2. The molecule has 0 atom stereocenters. The highest BCUT2D eigenvalue weighted by atomic mass is 16.5. The van der Waals surface area contributed by atoms with Crippen molar-refractivity contribution in [2.75, 3.05) is 0 Å². The van der Waals surface area contributed by atoms with Gasteiger partial charge in [-0.3, -0.25) is 4.79 Å². The highest BCUT2D eigenvalue weighted by molar-refractivity contribution is 5.67. The summed E-state index contributed by atoms with van der Waals surface area (Å²) in [7, 11) is 0. The van der Waals surface area contributed by atoms with Gasteiger partial charge < -0.3 is 4.74 Å². The molecule has 0 rings (SSSR count).